The van der Waals surface area contributed by atoms with Gasteiger partial charge in [-0.2, -0.15) is 16.3 Å². The average molecular weight is 347 g/mol. The van der Waals surface area contributed by atoms with Crippen molar-refractivity contribution in [2.75, 3.05) is 6.54 Å². The van der Waals surface area contributed by atoms with E-state index in [2.05, 4.69) is 47.7 Å². The molecule has 0 aliphatic carbocycles. The molecule has 2 aromatic heterocycles. The van der Waals surface area contributed by atoms with Crippen LogP contribution in [0.5, 0.6) is 0 Å². The predicted molar refractivity (Wildman–Crippen MR) is 93.9 cm³/mol. The van der Waals surface area contributed by atoms with Gasteiger partial charge >= 0.3 is 0 Å². The summed E-state index contributed by atoms with van der Waals surface area (Å²) < 4.78 is 5.29. The highest BCUT2D eigenvalue weighted by Gasteiger charge is 2.29. The zero-order valence-corrected chi connectivity index (χ0v) is 15.4. The van der Waals surface area contributed by atoms with Crippen LogP contribution in [0, 0.1) is 0 Å². The van der Waals surface area contributed by atoms with E-state index in [-0.39, 0.29) is 17.4 Å². The molecular formula is C18H25N3O2S. The van der Waals surface area contributed by atoms with Crippen LogP contribution in [-0.4, -0.2) is 27.5 Å². The highest BCUT2D eigenvalue weighted by Crippen LogP contribution is 2.33. The van der Waals surface area contributed by atoms with Crippen LogP contribution in [0.3, 0.4) is 0 Å². The van der Waals surface area contributed by atoms with Crippen LogP contribution in [0.1, 0.15) is 69.8 Å². The summed E-state index contributed by atoms with van der Waals surface area (Å²) in [6.07, 6.45) is 4.10. The number of hydrogen-bond donors (Lipinski definition) is 0. The third kappa shape index (κ3) is 3.86. The van der Waals surface area contributed by atoms with E-state index in [1.807, 2.05) is 4.90 Å². The number of hydrogen-bond acceptors (Lipinski definition) is 5. The molecule has 1 aliphatic heterocycles. The van der Waals surface area contributed by atoms with E-state index in [9.17, 15) is 4.79 Å². The van der Waals surface area contributed by atoms with E-state index in [4.69, 9.17) is 4.52 Å². The highest BCUT2D eigenvalue weighted by molar-refractivity contribution is 7.07. The van der Waals surface area contributed by atoms with E-state index < -0.39 is 0 Å². The topological polar surface area (TPSA) is 59.2 Å². The molecule has 0 radical (unpaired) electrons. The fourth-order valence-corrected chi connectivity index (χ4v) is 3.78. The molecule has 0 spiro atoms. The maximum atomic E-state index is 12.6. The van der Waals surface area contributed by atoms with Gasteiger partial charge in [0.1, 0.15) is 0 Å². The van der Waals surface area contributed by atoms with Gasteiger partial charge in [0.2, 0.25) is 11.8 Å². The van der Waals surface area contributed by atoms with Gasteiger partial charge in [-0.3, -0.25) is 4.79 Å². The van der Waals surface area contributed by atoms with Crippen molar-refractivity contribution in [1.29, 1.82) is 0 Å². The molecule has 24 heavy (non-hydrogen) atoms. The number of likely N-dealkylation sites (tertiary alicyclic amines) is 1. The van der Waals surface area contributed by atoms with Gasteiger partial charge in [0.25, 0.3) is 0 Å². The summed E-state index contributed by atoms with van der Waals surface area (Å²) in [4.78, 5) is 19.0. The van der Waals surface area contributed by atoms with Crippen molar-refractivity contribution in [1.82, 2.24) is 15.0 Å². The van der Waals surface area contributed by atoms with E-state index in [1.54, 1.807) is 11.3 Å². The molecule has 0 saturated carbocycles. The number of carbonyl (C=O) groups excluding carboxylic acids is 1. The standard InChI is InChI=1S/C18H25N3O2S/c1-18(2,3)17-19-15(23-20-17)7-4-8-16(22)21-10-5-6-14(21)13-9-11-24-12-13/h9,11-12,14H,4-8,10H2,1-3H3/t14-/m0/s1. The molecule has 0 aromatic carbocycles. The first-order valence-electron chi connectivity index (χ1n) is 8.60. The Bertz CT molecular complexity index is 673. The molecule has 1 amide bonds. The Morgan fingerprint density at radius 2 is 2.29 bits per heavy atom. The summed E-state index contributed by atoms with van der Waals surface area (Å²) in [5, 5.41) is 8.27. The van der Waals surface area contributed by atoms with Gasteiger partial charge in [-0.15, -0.1) is 0 Å². The predicted octanol–water partition coefficient (Wildman–Crippen LogP) is 4.12. The maximum absolute atomic E-state index is 12.6. The Morgan fingerprint density at radius 1 is 1.46 bits per heavy atom. The highest BCUT2D eigenvalue weighted by atomic mass is 32.1. The third-order valence-electron chi connectivity index (χ3n) is 4.42. The molecule has 6 heteroatoms. The number of carbonyl (C=O) groups is 1. The monoisotopic (exact) mass is 347 g/mol. The first-order valence-corrected chi connectivity index (χ1v) is 9.54. The van der Waals surface area contributed by atoms with Gasteiger partial charge in [-0.1, -0.05) is 25.9 Å². The first-order chi connectivity index (χ1) is 11.4. The lowest BCUT2D eigenvalue weighted by Crippen LogP contribution is -2.30. The van der Waals surface area contributed by atoms with Gasteiger partial charge in [0.15, 0.2) is 5.82 Å². The van der Waals surface area contributed by atoms with Gasteiger partial charge in [-0.25, -0.2) is 0 Å². The van der Waals surface area contributed by atoms with Crippen molar-refractivity contribution in [3.63, 3.8) is 0 Å². The van der Waals surface area contributed by atoms with Gasteiger partial charge < -0.3 is 9.42 Å². The van der Waals surface area contributed by atoms with Crippen LogP contribution >= 0.6 is 11.3 Å². The van der Waals surface area contributed by atoms with Crippen molar-refractivity contribution in [2.45, 2.75) is 64.3 Å². The molecule has 1 fully saturated rings. The van der Waals surface area contributed by atoms with E-state index in [0.717, 1.165) is 31.6 Å². The summed E-state index contributed by atoms with van der Waals surface area (Å²) in [5.74, 6) is 1.59. The van der Waals surface area contributed by atoms with Crippen molar-refractivity contribution < 1.29 is 9.32 Å². The Morgan fingerprint density at radius 3 is 2.96 bits per heavy atom. The van der Waals surface area contributed by atoms with E-state index in [1.165, 1.54) is 5.56 Å². The van der Waals surface area contributed by atoms with Crippen LogP contribution in [-0.2, 0) is 16.6 Å². The second-order valence-electron chi connectivity index (χ2n) is 7.42. The molecule has 0 N–H and O–H groups in total. The molecule has 0 unspecified atom stereocenters. The van der Waals surface area contributed by atoms with Gasteiger partial charge in [0, 0.05) is 24.8 Å². The average Bonchev–Trinajstić information content (AvgIpc) is 3.26. The molecular weight excluding hydrogens is 322 g/mol. The smallest absolute Gasteiger partial charge is 0.226 e. The Balaban J connectivity index is 1.51. The number of aromatic nitrogens is 2. The number of aryl methyl sites for hydroxylation is 1. The minimum Gasteiger partial charge on any atom is -0.339 e. The summed E-state index contributed by atoms with van der Waals surface area (Å²) in [6, 6.07) is 2.40. The van der Waals surface area contributed by atoms with Crippen LogP contribution in [0.4, 0.5) is 0 Å². The Labute approximate surface area is 147 Å². The van der Waals surface area contributed by atoms with Gasteiger partial charge in [0.05, 0.1) is 6.04 Å². The molecule has 1 saturated heterocycles. The van der Waals surface area contributed by atoms with Crippen molar-refractivity contribution in [3.05, 3.63) is 34.1 Å². The summed E-state index contributed by atoms with van der Waals surface area (Å²) in [6.45, 7) is 7.05. The zero-order chi connectivity index (χ0) is 17.2. The summed E-state index contributed by atoms with van der Waals surface area (Å²) >= 11 is 1.69. The minimum atomic E-state index is -0.110. The minimum absolute atomic E-state index is 0.110. The number of nitrogens with zero attached hydrogens (tertiary/aromatic N) is 3. The SMILES string of the molecule is CC(C)(C)c1noc(CCCC(=O)N2CCC[C@H]2c2ccsc2)n1. The van der Waals surface area contributed by atoms with Crippen LogP contribution in [0.25, 0.3) is 0 Å². The van der Waals surface area contributed by atoms with Crippen molar-refractivity contribution in [2.24, 2.45) is 0 Å². The van der Waals surface area contributed by atoms with Crippen molar-refractivity contribution >= 4 is 17.2 Å². The van der Waals surface area contributed by atoms with Crippen molar-refractivity contribution in [3.8, 4) is 0 Å². The third-order valence-corrected chi connectivity index (χ3v) is 5.12. The van der Waals surface area contributed by atoms with Gasteiger partial charge in [-0.05, 0) is 41.7 Å². The largest absolute Gasteiger partial charge is 0.339 e. The lowest BCUT2D eigenvalue weighted by atomic mass is 9.96. The van der Waals surface area contributed by atoms with Crippen LogP contribution < -0.4 is 0 Å². The Kier molecular flexibility index (Phi) is 5.04. The molecule has 130 valence electrons. The maximum Gasteiger partial charge on any atom is 0.226 e. The lowest BCUT2D eigenvalue weighted by molar-refractivity contribution is -0.132. The number of rotatable bonds is 5. The lowest BCUT2D eigenvalue weighted by Gasteiger charge is -2.24. The molecule has 2 aromatic rings. The summed E-state index contributed by atoms with van der Waals surface area (Å²) in [7, 11) is 0. The normalized spacial score (nSPS) is 18.3. The van der Waals surface area contributed by atoms with Crippen LogP contribution in [0.15, 0.2) is 21.3 Å². The molecule has 1 aliphatic rings. The molecule has 5 nitrogen and oxygen atoms in total. The molecule has 3 rings (SSSR count). The van der Waals surface area contributed by atoms with E-state index in [0.29, 0.717) is 18.7 Å². The second kappa shape index (κ2) is 7.05. The first kappa shape index (κ1) is 17.1. The fraction of sp³-hybridized carbons (Fsp3) is 0.611. The molecule has 1 atom stereocenters. The Hall–Kier alpha value is -1.69. The fourth-order valence-electron chi connectivity index (χ4n) is 3.07. The number of thiophene rings is 1. The number of amides is 1. The summed E-state index contributed by atoms with van der Waals surface area (Å²) in [5.41, 5.74) is 1.17. The molecule has 0 bridgehead atoms. The molecule has 3 heterocycles. The zero-order valence-electron chi connectivity index (χ0n) is 14.6. The van der Waals surface area contributed by atoms with E-state index >= 15 is 0 Å². The quantitative estimate of drug-likeness (QED) is 0.816. The second-order valence-corrected chi connectivity index (χ2v) is 8.20. The van der Waals surface area contributed by atoms with Crippen LogP contribution in [0.2, 0.25) is 0 Å².